The Kier molecular flexibility index (Phi) is 12.4. The van der Waals surface area contributed by atoms with Crippen LogP contribution in [0.3, 0.4) is 0 Å². The van der Waals surface area contributed by atoms with Crippen LogP contribution in [0.25, 0.3) is 0 Å². The lowest BCUT2D eigenvalue weighted by molar-refractivity contribution is 0.0389. The minimum Gasteiger partial charge on any atom is -0.488 e. The van der Waals surface area contributed by atoms with Crippen LogP contribution in [0.2, 0.25) is 0 Å². The van der Waals surface area contributed by atoms with E-state index < -0.39 is 0 Å². The van der Waals surface area contributed by atoms with Gasteiger partial charge in [-0.2, -0.15) is 0 Å². The molecule has 1 aliphatic rings. The molecule has 0 bridgehead atoms. The maximum absolute atomic E-state index is 13.3. The van der Waals surface area contributed by atoms with Crippen molar-refractivity contribution in [2.24, 2.45) is 4.99 Å². The molecule has 1 saturated heterocycles. The Morgan fingerprint density at radius 1 is 1.30 bits per heavy atom. The molecule has 6 nitrogen and oxygen atoms in total. The summed E-state index contributed by atoms with van der Waals surface area (Å²) >= 11 is 0. The number of nitrogens with one attached hydrogen (secondary N) is 2. The highest BCUT2D eigenvalue weighted by atomic mass is 127. The van der Waals surface area contributed by atoms with E-state index in [0.717, 1.165) is 58.3 Å². The van der Waals surface area contributed by atoms with Gasteiger partial charge in [0.25, 0.3) is 0 Å². The van der Waals surface area contributed by atoms with Gasteiger partial charge in [0.15, 0.2) is 5.96 Å². The summed E-state index contributed by atoms with van der Waals surface area (Å²) in [6.07, 6.45) is 0.708. The number of benzene rings is 1. The van der Waals surface area contributed by atoms with Crippen LogP contribution in [0.1, 0.15) is 20.3 Å². The van der Waals surface area contributed by atoms with Crippen molar-refractivity contribution in [1.82, 2.24) is 15.5 Å². The first-order valence-corrected chi connectivity index (χ1v) is 9.45. The van der Waals surface area contributed by atoms with Crippen LogP contribution in [-0.2, 0) is 4.74 Å². The third kappa shape index (κ3) is 9.57. The van der Waals surface area contributed by atoms with Gasteiger partial charge in [-0.25, -0.2) is 9.38 Å². The quantitative estimate of drug-likeness (QED) is 0.314. The second-order valence-corrected chi connectivity index (χ2v) is 6.21. The number of ether oxygens (including phenoxy) is 2. The topological polar surface area (TPSA) is 58.1 Å². The van der Waals surface area contributed by atoms with Crippen LogP contribution in [0, 0.1) is 5.82 Å². The Morgan fingerprint density at radius 2 is 2.07 bits per heavy atom. The zero-order valence-corrected chi connectivity index (χ0v) is 18.6. The number of rotatable bonds is 9. The molecule has 0 amide bonds. The Labute approximate surface area is 178 Å². The molecule has 0 spiro atoms. The van der Waals surface area contributed by atoms with Gasteiger partial charge < -0.3 is 20.1 Å². The first kappa shape index (κ1) is 23.9. The second kappa shape index (κ2) is 14.0. The zero-order chi connectivity index (χ0) is 18.6. The number of aliphatic imine (C=N–C) groups is 1. The van der Waals surface area contributed by atoms with E-state index >= 15 is 0 Å². The standard InChI is InChI=1S/C19H31FN4O2.HI/c1-3-17(26-18-7-5-6-16(20)14-18)15-23-19(21-4-2)22-8-9-24-10-12-25-13-11-24;/h5-7,14,17H,3-4,8-13,15H2,1-2H3,(H2,21,22,23);1H. The molecule has 0 aliphatic carbocycles. The molecule has 1 aromatic rings. The lowest BCUT2D eigenvalue weighted by Gasteiger charge is -2.26. The molecule has 0 saturated carbocycles. The molecule has 154 valence electrons. The predicted octanol–water partition coefficient (Wildman–Crippen LogP) is 2.49. The van der Waals surface area contributed by atoms with E-state index in [1.54, 1.807) is 12.1 Å². The van der Waals surface area contributed by atoms with Crippen LogP contribution >= 0.6 is 24.0 Å². The molecular formula is C19H32FIN4O2. The third-order valence-corrected chi connectivity index (χ3v) is 4.18. The van der Waals surface area contributed by atoms with Gasteiger partial charge in [0, 0.05) is 38.8 Å². The molecular weight excluding hydrogens is 462 g/mol. The van der Waals surface area contributed by atoms with Crippen LogP contribution in [-0.4, -0.2) is 69.4 Å². The molecule has 27 heavy (non-hydrogen) atoms. The Hall–Kier alpha value is -1.13. The largest absolute Gasteiger partial charge is 0.488 e. The lowest BCUT2D eigenvalue weighted by Crippen LogP contribution is -2.44. The molecule has 1 fully saturated rings. The average molecular weight is 494 g/mol. The summed E-state index contributed by atoms with van der Waals surface area (Å²) in [5.41, 5.74) is 0. The first-order chi connectivity index (χ1) is 12.7. The van der Waals surface area contributed by atoms with E-state index in [1.807, 2.05) is 13.8 Å². The number of guanidine groups is 1. The molecule has 2 N–H and O–H groups in total. The Balaban J connectivity index is 0.00000364. The van der Waals surface area contributed by atoms with Crippen molar-refractivity contribution >= 4 is 29.9 Å². The van der Waals surface area contributed by atoms with Crippen molar-refractivity contribution in [1.29, 1.82) is 0 Å². The molecule has 8 heteroatoms. The summed E-state index contributed by atoms with van der Waals surface area (Å²) in [5.74, 6) is 1.03. The van der Waals surface area contributed by atoms with E-state index in [2.05, 4.69) is 20.5 Å². The van der Waals surface area contributed by atoms with Gasteiger partial charge in [-0.05, 0) is 25.5 Å². The highest BCUT2D eigenvalue weighted by molar-refractivity contribution is 14.0. The highest BCUT2D eigenvalue weighted by Gasteiger charge is 2.11. The Bertz CT molecular complexity index is 556. The summed E-state index contributed by atoms with van der Waals surface area (Å²) < 4.78 is 24.5. The first-order valence-electron chi connectivity index (χ1n) is 9.45. The smallest absolute Gasteiger partial charge is 0.191 e. The van der Waals surface area contributed by atoms with Gasteiger partial charge in [0.2, 0.25) is 0 Å². The average Bonchev–Trinajstić information content (AvgIpc) is 2.66. The van der Waals surface area contributed by atoms with Crippen LogP contribution in [0.15, 0.2) is 29.3 Å². The van der Waals surface area contributed by atoms with E-state index in [0.29, 0.717) is 12.3 Å². The third-order valence-electron chi connectivity index (χ3n) is 4.18. The van der Waals surface area contributed by atoms with Gasteiger partial charge in [0.05, 0.1) is 19.8 Å². The van der Waals surface area contributed by atoms with Gasteiger partial charge in [-0.3, -0.25) is 4.90 Å². The summed E-state index contributed by atoms with van der Waals surface area (Å²) in [5, 5.41) is 6.61. The summed E-state index contributed by atoms with van der Waals surface area (Å²) in [7, 11) is 0. The van der Waals surface area contributed by atoms with E-state index in [9.17, 15) is 4.39 Å². The van der Waals surface area contributed by atoms with Crippen molar-refractivity contribution in [3.63, 3.8) is 0 Å². The summed E-state index contributed by atoms with van der Waals surface area (Å²) in [6, 6.07) is 6.23. The fraction of sp³-hybridized carbons (Fsp3) is 0.632. The molecule has 1 aromatic carbocycles. The summed E-state index contributed by atoms with van der Waals surface area (Å²) in [4.78, 5) is 7.00. The van der Waals surface area contributed by atoms with E-state index in [1.165, 1.54) is 12.1 Å². The summed E-state index contributed by atoms with van der Waals surface area (Å²) in [6.45, 7) is 10.8. The Morgan fingerprint density at radius 3 is 2.74 bits per heavy atom. The molecule has 1 heterocycles. The fourth-order valence-corrected chi connectivity index (χ4v) is 2.67. The maximum Gasteiger partial charge on any atom is 0.191 e. The van der Waals surface area contributed by atoms with Gasteiger partial charge in [0.1, 0.15) is 17.7 Å². The van der Waals surface area contributed by atoms with Crippen molar-refractivity contribution in [3.05, 3.63) is 30.1 Å². The van der Waals surface area contributed by atoms with Crippen LogP contribution in [0.5, 0.6) is 5.75 Å². The lowest BCUT2D eigenvalue weighted by atomic mass is 10.2. The molecule has 2 rings (SSSR count). The monoisotopic (exact) mass is 494 g/mol. The number of morpholine rings is 1. The maximum atomic E-state index is 13.3. The number of hydrogen-bond acceptors (Lipinski definition) is 4. The molecule has 0 aromatic heterocycles. The normalized spacial score (nSPS) is 16.3. The predicted molar refractivity (Wildman–Crippen MR) is 118 cm³/mol. The molecule has 1 aliphatic heterocycles. The van der Waals surface area contributed by atoms with E-state index in [4.69, 9.17) is 9.47 Å². The van der Waals surface area contributed by atoms with E-state index in [-0.39, 0.29) is 35.9 Å². The van der Waals surface area contributed by atoms with Crippen molar-refractivity contribution < 1.29 is 13.9 Å². The minimum absolute atomic E-state index is 0. The van der Waals surface area contributed by atoms with Gasteiger partial charge in [-0.1, -0.05) is 13.0 Å². The fourth-order valence-electron chi connectivity index (χ4n) is 2.67. The van der Waals surface area contributed by atoms with Crippen molar-refractivity contribution in [2.45, 2.75) is 26.4 Å². The molecule has 1 unspecified atom stereocenters. The van der Waals surface area contributed by atoms with Crippen molar-refractivity contribution in [3.8, 4) is 5.75 Å². The molecule has 0 radical (unpaired) electrons. The van der Waals surface area contributed by atoms with Crippen LogP contribution in [0.4, 0.5) is 4.39 Å². The number of halogens is 2. The number of hydrogen-bond donors (Lipinski definition) is 2. The van der Waals surface area contributed by atoms with Crippen molar-refractivity contribution in [2.75, 3.05) is 52.5 Å². The van der Waals surface area contributed by atoms with Gasteiger partial charge in [-0.15, -0.1) is 24.0 Å². The van der Waals surface area contributed by atoms with Crippen LogP contribution < -0.4 is 15.4 Å². The zero-order valence-electron chi connectivity index (χ0n) is 16.2. The second-order valence-electron chi connectivity index (χ2n) is 6.21. The highest BCUT2D eigenvalue weighted by Crippen LogP contribution is 2.15. The number of nitrogens with zero attached hydrogens (tertiary/aromatic N) is 2. The SMILES string of the molecule is CCNC(=NCC(CC)Oc1cccc(F)c1)NCCN1CCOCC1.I. The van der Waals surface area contributed by atoms with Gasteiger partial charge >= 0.3 is 0 Å². The molecule has 1 atom stereocenters. The minimum atomic E-state index is -0.293.